The van der Waals surface area contributed by atoms with E-state index in [4.69, 9.17) is 5.73 Å². The lowest BCUT2D eigenvalue weighted by atomic mass is 9.90. The average Bonchev–Trinajstić information content (AvgIpc) is 2.91. The first-order chi connectivity index (χ1) is 9.75. The lowest BCUT2D eigenvalue weighted by Gasteiger charge is -2.20. The summed E-state index contributed by atoms with van der Waals surface area (Å²) in [6.45, 7) is 2.24. The number of rotatable bonds is 4. The molecule has 0 aliphatic carbocycles. The molecule has 2 heteroatoms. The Hall–Kier alpha value is -1.64. The molecule has 0 bridgehead atoms. The number of benzene rings is 2. The topological polar surface area (TPSA) is 26.0 Å². The monoisotopic (exact) mass is 281 g/mol. The van der Waals surface area contributed by atoms with E-state index in [1.807, 2.05) is 17.4 Å². The Morgan fingerprint density at radius 2 is 1.70 bits per heavy atom. The number of nitrogens with two attached hydrogens (primary N) is 1. The fraction of sp³-hybridized carbons (Fsp3) is 0.222. The molecule has 0 amide bonds. The third-order valence-electron chi connectivity index (χ3n) is 3.90. The van der Waals surface area contributed by atoms with E-state index < -0.39 is 0 Å². The van der Waals surface area contributed by atoms with E-state index in [-0.39, 0.29) is 6.04 Å². The van der Waals surface area contributed by atoms with E-state index in [2.05, 4.69) is 60.8 Å². The summed E-state index contributed by atoms with van der Waals surface area (Å²) in [5, 5.41) is 3.66. The zero-order valence-electron chi connectivity index (χ0n) is 11.6. The molecule has 0 aliphatic heterocycles. The molecule has 0 aliphatic rings. The summed E-state index contributed by atoms with van der Waals surface area (Å²) in [7, 11) is 0. The van der Waals surface area contributed by atoms with Crippen molar-refractivity contribution in [2.24, 2.45) is 11.7 Å². The molecule has 0 saturated heterocycles. The van der Waals surface area contributed by atoms with Crippen molar-refractivity contribution >= 4 is 21.4 Å². The van der Waals surface area contributed by atoms with Gasteiger partial charge in [0.1, 0.15) is 0 Å². The predicted molar refractivity (Wildman–Crippen MR) is 88.1 cm³/mol. The van der Waals surface area contributed by atoms with Crippen molar-refractivity contribution in [3.05, 3.63) is 71.1 Å². The molecule has 2 N–H and O–H groups in total. The molecule has 1 nitrogen and oxygen atoms in total. The van der Waals surface area contributed by atoms with Crippen LogP contribution in [0.5, 0.6) is 0 Å². The molecule has 0 fully saturated rings. The minimum absolute atomic E-state index is 0.0925. The Morgan fingerprint density at radius 1 is 1.00 bits per heavy atom. The Morgan fingerprint density at radius 3 is 2.50 bits per heavy atom. The zero-order valence-corrected chi connectivity index (χ0v) is 12.4. The standard InChI is InChI=1S/C18H19NS/c1-13(18(19)14-7-3-2-4-8-14)11-15-12-20-17-10-6-5-9-16(15)17/h2-10,12-13,18H,11,19H2,1H3. The summed E-state index contributed by atoms with van der Waals surface area (Å²) in [5.74, 6) is 0.426. The number of hydrogen-bond acceptors (Lipinski definition) is 2. The molecule has 102 valence electrons. The summed E-state index contributed by atoms with van der Waals surface area (Å²) in [6, 6.07) is 19.1. The molecule has 2 unspecified atom stereocenters. The highest BCUT2D eigenvalue weighted by atomic mass is 32.1. The van der Waals surface area contributed by atoms with Gasteiger partial charge >= 0.3 is 0 Å². The first kappa shape index (κ1) is 13.3. The summed E-state index contributed by atoms with van der Waals surface area (Å²) >= 11 is 1.82. The summed E-state index contributed by atoms with van der Waals surface area (Å²) < 4.78 is 1.36. The van der Waals surface area contributed by atoms with E-state index in [1.165, 1.54) is 21.2 Å². The van der Waals surface area contributed by atoms with E-state index in [0.717, 1.165) is 6.42 Å². The maximum absolute atomic E-state index is 6.40. The fourth-order valence-electron chi connectivity index (χ4n) is 2.67. The second-order valence-corrected chi connectivity index (χ2v) is 6.29. The first-order valence-electron chi connectivity index (χ1n) is 7.01. The van der Waals surface area contributed by atoms with E-state index in [0.29, 0.717) is 5.92 Å². The predicted octanol–water partition coefficient (Wildman–Crippen LogP) is 4.78. The summed E-state index contributed by atoms with van der Waals surface area (Å²) in [6.07, 6.45) is 1.03. The van der Waals surface area contributed by atoms with Gasteiger partial charge in [0.05, 0.1) is 0 Å². The van der Waals surface area contributed by atoms with E-state index in [9.17, 15) is 0 Å². The van der Waals surface area contributed by atoms with Gasteiger partial charge in [-0.25, -0.2) is 0 Å². The fourth-order valence-corrected chi connectivity index (χ4v) is 3.64. The van der Waals surface area contributed by atoms with Gasteiger partial charge in [-0.1, -0.05) is 55.5 Å². The maximum atomic E-state index is 6.40. The molecular weight excluding hydrogens is 262 g/mol. The molecule has 3 aromatic rings. The van der Waals surface area contributed by atoms with Crippen LogP contribution < -0.4 is 5.73 Å². The van der Waals surface area contributed by atoms with Crippen LogP contribution in [0.1, 0.15) is 24.1 Å². The van der Waals surface area contributed by atoms with Gasteiger partial charge in [-0.05, 0) is 40.3 Å². The normalized spacial score (nSPS) is 14.3. The average molecular weight is 281 g/mol. The smallest absolute Gasteiger partial charge is 0.0345 e. The van der Waals surface area contributed by atoms with Crippen molar-refractivity contribution in [3.8, 4) is 0 Å². The number of thiophene rings is 1. The van der Waals surface area contributed by atoms with Crippen molar-refractivity contribution in [2.75, 3.05) is 0 Å². The maximum Gasteiger partial charge on any atom is 0.0345 e. The Kier molecular flexibility index (Phi) is 3.86. The van der Waals surface area contributed by atoms with E-state index >= 15 is 0 Å². The molecule has 1 heterocycles. The largest absolute Gasteiger partial charge is 0.324 e. The van der Waals surface area contributed by atoms with Crippen LogP contribution in [0.15, 0.2) is 60.0 Å². The molecule has 2 aromatic carbocycles. The number of hydrogen-bond donors (Lipinski definition) is 1. The van der Waals surface area contributed by atoms with Crippen LogP contribution in [0.2, 0.25) is 0 Å². The molecule has 0 spiro atoms. The van der Waals surface area contributed by atoms with Gasteiger partial charge in [-0.15, -0.1) is 11.3 Å². The molecular formula is C18H19NS. The molecule has 0 saturated carbocycles. The second-order valence-electron chi connectivity index (χ2n) is 5.37. The van der Waals surface area contributed by atoms with Gasteiger partial charge in [-0.3, -0.25) is 0 Å². The first-order valence-corrected chi connectivity index (χ1v) is 7.89. The van der Waals surface area contributed by atoms with Gasteiger partial charge < -0.3 is 5.73 Å². The van der Waals surface area contributed by atoms with Crippen LogP contribution in [-0.4, -0.2) is 0 Å². The molecule has 1 aromatic heterocycles. The van der Waals surface area contributed by atoms with Gasteiger partial charge in [-0.2, -0.15) is 0 Å². The van der Waals surface area contributed by atoms with Crippen molar-refractivity contribution in [3.63, 3.8) is 0 Å². The highest BCUT2D eigenvalue weighted by Crippen LogP contribution is 2.30. The SMILES string of the molecule is CC(Cc1csc2ccccc12)C(N)c1ccccc1. The van der Waals surface area contributed by atoms with Crippen LogP contribution >= 0.6 is 11.3 Å². The van der Waals surface area contributed by atoms with Gasteiger partial charge in [0, 0.05) is 10.7 Å². The molecule has 20 heavy (non-hydrogen) atoms. The highest BCUT2D eigenvalue weighted by Gasteiger charge is 2.16. The third kappa shape index (κ3) is 2.62. The summed E-state index contributed by atoms with van der Waals surface area (Å²) in [4.78, 5) is 0. The second kappa shape index (κ2) is 5.78. The quantitative estimate of drug-likeness (QED) is 0.731. The van der Waals surface area contributed by atoms with Crippen molar-refractivity contribution in [2.45, 2.75) is 19.4 Å². The van der Waals surface area contributed by atoms with Gasteiger partial charge in [0.25, 0.3) is 0 Å². The van der Waals surface area contributed by atoms with Gasteiger partial charge in [0.2, 0.25) is 0 Å². The minimum atomic E-state index is 0.0925. The molecule has 2 atom stereocenters. The van der Waals surface area contributed by atoms with Crippen LogP contribution in [0, 0.1) is 5.92 Å². The Bertz CT molecular complexity index is 687. The molecule has 0 radical (unpaired) electrons. The van der Waals surface area contributed by atoms with Crippen LogP contribution in [0.25, 0.3) is 10.1 Å². The zero-order chi connectivity index (χ0) is 13.9. The molecule has 3 rings (SSSR count). The summed E-state index contributed by atoms with van der Waals surface area (Å²) in [5.41, 5.74) is 9.05. The van der Waals surface area contributed by atoms with Crippen molar-refractivity contribution in [1.29, 1.82) is 0 Å². The Labute approximate surface area is 124 Å². The van der Waals surface area contributed by atoms with Crippen LogP contribution in [0.4, 0.5) is 0 Å². The van der Waals surface area contributed by atoms with Crippen molar-refractivity contribution in [1.82, 2.24) is 0 Å². The van der Waals surface area contributed by atoms with Crippen LogP contribution in [0.3, 0.4) is 0 Å². The lowest BCUT2D eigenvalue weighted by molar-refractivity contribution is 0.470. The van der Waals surface area contributed by atoms with Gasteiger partial charge in [0.15, 0.2) is 0 Å². The van der Waals surface area contributed by atoms with Crippen LogP contribution in [-0.2, 0) is 6.42 Å². The highest BCUT2D eigenvalue weighted by molar-refractivity contribution is 7.17. The minimum Gasteiger partial charge on any atom is -0.324 e. The third-order valence-corrected chi connectivity index (χ3v) is 4.91. The Balaban J connectivity index is 1.80. The van der Waals surface area contributed by atoms with E-state index in [1.54, 1.807) is 0 Å². The number of fused-ring (bicyclic) bond motifs is 1. The van der Waals surface area contributed by atoms with Crippen molar-refractivity contribution < 1.29 is 0 Å². The lowest BCUT2D eigenvalue weighted by Crippen LogP contribution is -2.20.